The number of benzene rings is 1. The van der Waals surface area contributed by atoms with E-state index in [1.54, 1.807) is 4.90 Å². The molecule has 1 saturated heterocycles. The van der Waals surface area contributed by atoms with Crippen molar-refractivity contribution in [2.24, 2.45) is 5.92 Å². The van der Waals surface area contributed by atoms with Crippen molar-refractivity contribution in [3.8, 4) is 0 Å². The van der Waals surface area contributed by atoms with Crippen LogP contribution < -0.4 is 9.80 Å². The van der Waals surface area contributed by atoms with Crippen LogP contribution in [0, 0.1) is 5.92 Å². The molecule has 2 aromatic rings. The Bertz CT molecular complexity index is 771. The number of hydrogen-bond acceptors (Lipinski definition) is 1. The number of nitrogens with zero attached hydrogens (tertiary/aromatic N) is 1. The van der Waals surface area contributed by atoms with Crippen LogP contribution in [0.5, 0.6) is 0 Å². The summed E-state index contributed by atoms with van der Waals surface area (Å²) in [7, 11) is 0. The van der Waals surface area contributed by atoms with E-state index in [0.29, 0.717) is 12.5 Å². The summed E-state index contributed by atoms with van der Waals surface area (Å²) in [6, 6.07) is 8.50. The summed E-state index contributed by atoms with van der Waals surface area (Å²) in [5.41, 5.74) is 3.85. The first-order valence-corrected chi connectivity index (χ1v) is 9.99. The molecule has 2 N–H and O–H groups in total. The third kappa shape index (κ3) is 3.13. The van der Waals surface area contributed by atoms with E-state index in [4.69, 9.17) is 0 Å². The minimum Gasteiger partial charge on any atom is -0.326 e. The van der Waals surface area contributed by atoms with Crippen LogP contribution in [0.4, 0.5) is 0 Å². The standard InChI is InChI=1S/C21H29N3O/c1-3-22-10-12-23(13-11-22)15-21(25)24-19-7-5-4-6-17(19)18-14-16(2)8-9-20(18)24/h4-7,16H,3,8-15H2,1-2H3/p+2/t16-/m1/s1. The highest BCUT2D eigenvalue weighted by Crippen LogP contribution is 2.34. The molecule has 4 heteroatoms. The number of piperazine rings is 1. The number of hydrogen-bond donors (Lipinski definition) is 2. The maximum Gasteiger partial charge on any atom is 0.286 e. The zero-order chi connectivity index (χ0) is 17.4. The molecule has 0 saturated carbocycles. The molecule has 25 heavy (non-hydrogen) atoms. The van der Waals surface area contributed by atoms with Crippen LogP contribution in [-0.4, -0.2) is 49.7 Å². The predicted molar refractivity (Wildman–Crippen MR) is 101 cm³/mol. The molecule has 134 valence electrons. The fourth-order valence-corrected chi connectivity index (χ4v) is 4.75. The van der Waals surface area contributed by atoms with Gasteiger partial charge in [0, 0.05) is 11.1 Å². The normalized spacial score (nSPS) is 26.6. The van der Waals surface area contributed by atoms with Gasteiger partial charge in [-0.15, -0.1) is 0 Å². The quantitative estimate of drug-likeness (QED) is 0.822. The zero-order valence-corrected chi connectivity index (χ0v) is 15.6. The largest absolute Gasteiger partial charge is 0.326 e. The molecule has 1 aromatic heterocycles. The van der Waals surface area contributed by atoms with E-state index in [-0.39, 0.29) is 0 Å². The lowest BCUT2D eigenvalue weighted by molar-refractivity contribution is -1.01. The van der Waals surface area contributed by atoms with Crippen LogP contribution in [0.15, 0.2) is 24.3 Å². The molecule has 0 amide bonds. The molecule has 0 spiro atoms. The second kappa shape index (κ2) is 6.93. The van der Waals surface area contributed by atoms with E-state index in [1.807, 2.05) is 0 Å². The van der Waals surface area contributed by atoms with Crippen LogP contribution in [0.3, 0.4) is 0 Å². The van der Waals surface area contributed by atoms with E-state index in [0.717, 1.165) is 37.4 Å². The maximum absolute atomic E-state index is 13.2. The number of quaternary nitrogens is 2. The third-order valence-electron chi connectivity index (χ3n) is 6.33. The second-order valence-corrected chi connectivity index (χ2v) is 8.05. The number of aromatic nitrogens is 1. The Morgan fingerprint density at radius 2 is 1.88 bits per heavy atom. The first-order valence-electron chi connectivity index (χ1n) is 9.99. The van der Waals surface area contributed by atoms with Gasteiger partial charge in [0.15, 0.2) is 6.54 Å². The Morgan fingerprint density at radius 3 is 2.64 bits per heavy atom. The second-order valence-electron chi connectivity index (χ2n) is 8.05. The van der Waals surface area contributed by atoms with E-state index >= 15 is 0 Å². The molecule has 4 nitrogen and oxygen atoms in total. The van der Waals surface area contributed by atoms with Crippen molar-refractivity contribution >= 4 is 16.8 Å². The van der Waals surface area contributed by atoms with Crippen molar-refractivity contribution in [2.45, 2.75) is 33.1 Å². The fourth-order valence-electron chi connectivity index (χ4n) is 4.75. The Morgan fingerprint density at radius 1 is 1.16 bits per heavy atom. The van der Waals surface area contributed by atoms with Gasteiger partial charge in [-0.3, -0.25) is 9.36 Å². The number of likely N-dealkylation sites (N-methyl/N-ethyl adjacent to an activating group) is 1. The van der Waals surface area contributed by atoms with E-state index in [2.05, 4.69) is 42.7 Å². The number of nitrogens with one attached hydrogen (secondary N) is 2. The smallest absolute Gasteiger partial charge is 0.286 e. The van der Waals surface area contributed by atoms with Gasteiger partial charge >= 0.3 is 0 Å². The summed E-state index contributed by atoms with van der Waals surface area (Å²) in [6.45, 7) is 11.1. The number of fused-ring (bicyclic) bond motifs is 3. The molecular formula is C21H31N3O+2. The topological polar surface area (TPSA) is 30.9 Å². The third-order valence-corrected chi connectivity index (χ3v) is 6.33. The minimum atomic E-state index is 0.293. The lowest BCUT2D eigenvalue weighted by Gasteiger charge is -2.29. The average Bonchev–Trinajstić information content (AvgIpc) is 2.96. The Kier molecular flexibility index (Phi) is 4.65. The first-order chi connectivity index (χ1) is 12.2. The first kappa shape index (κ1) is 16.8. The van der Waals surface area contributed by atoms with Crippen molar-refractivity contribution in [1.29, 1.82) is 0 Å². The zero-order valence-electron chi connectivity index (χ0n) is 15.6. The lowest BCUT2D eigenvalue weighted by Crippen LogP contribution is -3.28. The molecule has 1 fully saturated rings. The monoisotopic (exact) mass is 341 g/mol. The summed E-state index contributed by atoms with van der Waals surface area (Å²) >= 11 is 0. The highest BCUT2D eigenvalue weighted by Gasteiger charge is 2.29. The van der Waals surface area contributed by atoms with Crippen molar-refractivity contribution in [3.05, 3.63) is 35.5 Å². The van der Waals surface area contributed by atoms with E-state index in [1.165, 1.54) is 47.6 Å². The van der Waals surface area contributed by atoms with Crippen LogP contribution in [0.25, 0.3) is 10.9 Å². The molecule has 1 aliphatic carbocycles. The Hall–Kier alpha value is -1.65. The molecular weight excluding hydrogens is 310 g/mol. The van der Waals surface area contributed by atoms with Crippen LogP contribution in [0.2, 0.25) is 0 Å². The van der Waals surface area contributed by atoms with Crippen molar-refractivity contribution in [1.82, 2.24) is 4.57 Å². The number of carbonyl (C=O) groups excluding carboxylic acids is 1. The Labute approximate surface area is 150 Å². The fraction of sp³-hybridized carbons (Fsp3) is 0.571. The van der Waals surface area contributed by atoms with Gasteiger partial charge in [0.2, 0.25) is 0 Å². The highest BCUT2D eigenvalue weighted by atomic mass is 16.2. The summed E-state index contributed by atoms with van der Waals surface area (Å²) in [6.07, 6.45) is 3.35. The molecule has 1 atom stereocenters. The van der Waals surface area contributed by atoms with Gasteiger partial charge in [0.1, 0.15) is 26.2 Å². The minimum absolute atomic E-state index is 0.293. The average molecular weight is 341 g/mol. The lowest BCUT2D eigenvalue weighted by atomic mass is 9.88. The highest BCUT2D eigenvalue weighted by molar-refractivity contribution is 5.96. The van der Waals surface area contributed by atoms with Crippen LogP contribution in [0.1, 0.15) is 36.3 Å². The summed E-state index contributed by atoms with van der Waals surface area (Å²) in [5, 5.41) is 1.30. The van der Waals surface area contributed by atoms with Gasteiger partial charge in [0.25, 0.3) is 5.91 Å². The summed E-state index contributed by atoms with van der Waals surface area (Å²) in [5.74, 6) is 1.01. The van der Waals surface area contributed by atoms with E-state index in [9.17, 15) is 4.79 Å². The van der Waals surface area contributed by atoms with Gasteiger partial charge < -0.3 is 9.80 Å². The molecule has 1 aliphatic heterocycles. The summed E-state index contributed by atoms with van der Waals surface area (Å²) < 4.78 is 2.07. The van der Waals surface area contributed by atoms with Crippen molar-refractivity contribution in [3.63, 3.8) is 0 Å². The Balaban J connectivity index is 1.62. The molecule has 0 radical (unpaired) electrons. The molecule has 4 rings (SSSR count). The maximum atomic E-state index is 13.2. The number of rotatable bonds is 3. The number of para-hydroxylation sites is 1. The van der Waals surface area contributed by atoms with Crippen LogP contribution >= 0.6 is 0 Å². The molecule has 0 unspecified atom stereocenters. The number of carbonyl (C=O) groups is 1. The summed E-state index contributed by atoms with van der Waals surface area (Å²) in [4.78, 5) is 16.4. The van der Waals surface area contributed by atoms with E-state index < -0.39 is 0 Å². The molecule has 0 bridgehead atoms. The van der Waals surface area contributed by atoms with Gasteiger partial charge in [-0.2, -0.15) is 0 Å². The van der Waals surface area contributed by atoms with Crippen molar-refractivity contribution < 1.29 is 14.6 Å². The van der Waals surface area contributed by atoms with Crippen molar-refractivity contribution in [2.75, 3.05) is 39.3 Å². The van der Waals surface area contributed by atoms with Gasteiger partial charge in [0.05, 0.1) is 12.1 Å². The SMILES string of the molecule is CC[NH+]1CC[NH+](CC(=O)n2c3c(c4ccccc42)C[C@H](C)CC3)CC1. The molecule has 2 aliphatic rings. The van der Waals surface area contributed by atoms with Crippen LogP contribution in [-0.2, 0) is 12.8 Å². The molecule has 1 aromatic carbocycles. The van der Waals surface area contributed by atoms with Gasteiger partial charge in [-0.1, -0.05) is 25.1 Å². The van der Waals surface area contributed by atoms with Gasteiger partial charge in [-0.25, -0.2) is 0 Å². The predicted octanol–water partition coefficient (Wildman–Crippen LogP) is 0.210. The molecule has 2 heterocycles. The van der Waals surface area contributed by atoms with Gasteiger partial charge in [-0.05, 0) is 43.7 Å².